The number of hydrogen-bond donors (Lipinski definition) is 2. The Balaban J connectivity index is 2.35. The summed E-state index contributed by atoms with van der Waals surface area (Å²) in [6.45, 7) is 4.00. The summed E-state index contributed by atoms with van der Waals surface area (Å²) >= 11 is 0. The van der Waals surface area contributed by atoms with Crippen LogP contribution in [0, 0.1) is 11.3 Å². The van der Waals surface area contributed by atoms with E-state index in [1.54, 1.807) is 10.9 Å². The minimum atomic E-state index is -0.183. The average molecular weight is 235 g/mol. The third-order valence-electron chi connectivity index (χ3n) is 2.11. The number of carbonyl (C=O) groups is 1. The summed E-state index contributed by atoms with van der Waals surface area (Å²) in [6, 6.07) is 1.86. The molecule has 0 bridgehead atoms. The lowest BCUT2D eigenvalue weighted by molar-refractivity contribution is -0.121. The van der Waals surface area contributed by atoms with E-state index >= 15 is 0 Å². The van der Waals surface area contributed by atoms with Crippen LogP contribution in [-0.4, -0.2) is 28.5 Å². The van der Waals surface area contributed by atoms with Crippen LogP contribution in [0.3, 0.4) is 0 Å². The minimum Gasteiger partial charge on any atom is -0.341 e. The molecule has 1 aromatic rings. The van der Waals surface area contributed by atoms with Gasteiger partial charge in [-0.2, -0.15) is 5.26 Å². The molecule has 0 unspecified atom stereocenters. The molecule has 17 heavy (non-hydrogen) atoms. The molecule has 0 aliphatic heterocycles. The fraction of sp³-hybridized carbons (Fsp3) is 0.545. The van der Waals surface area contributed by atoms with Crippen molar-refractivity contribution in [3.8, 4) is 6.07 Å². The molecule has 0 aliphatic rings. The summed E-state index contributed by atoms with van der Waals surface area (Å²) in [6.07, 6.45) is 4.53. The van der Waals surface area contributed by atoms with Gasteiger partial charge in [-0.05, 0) is 13.0 Å². The maximum absolute atomic E-state index is 11.3. The van der Waals surface area contributed by atoms with Gasteiger partial charge in [-0.25, -0.2) is 4.98 Å². The Labute approximate surface area is 101 Å². The number of aromatic nitrogens is 2. The number of hydrogen-bond acceptors (Lipinski definition) is 4. The summed E-state index contributed by atoms with van der Waals surface area (Å²) in [5.74, 6) is -0.183. The van der Waals surface area contributed by atoms with E-state index in [4.69, 9.17) is 5.26 Å². The monoisotopic (exact) mass is 235 g/mol. The topological polar surface area (TPSA) is 82.7 Å². The molecule has 0 fully saturated rings. The summed E-state index contributed by atoms with van der Waals surface area (Å²) < 4.78 is 1.70. The van der Waals surface area contributed by atoms with Gasteiger partial charge in [0, 0.05) is 12.7 Å². The second-order valence-corrected chi connectivity index (χ2v) is 3.65. The third kappa shape index (κ3) is 5.13. The standard InChI is InChI=1S/C11H17N5O/c1-2-4-13-6-10-7-16(9-15-10)8-11(17)14-5-3-12/h7,9,13H,2,4-6,8H2,1H3,(H,14,17). The number of nitrogens with zero attached hydrogens (tertiary/aromatic N) is 3. The van der Waals surface area contributed by atoms with Crippen molar-refractivity contribution in [1.82, 2.24) is 20.2 Å². The average Bonchev–Trinajstić information content (AvgIpc) is 2.74. The Kier molecular flexibility index (Phi) is 5.75. The lowest BCUT2D eigenvalue weighted by Crippen LogP contribution is -2.27. The second-order valence-electron chi connectivity index (χ2n) is 3.65. The largest absolute Gasteiger partial charge is 0.341 e. The first-order chi connectivity index (χ1) is 8.26. The van der Waals surface area contributed by atoms with Crippen LogP contribution in [-0.2, 0) is 17.9 Å². The Morgan fingerprint density at radius 3 is 3.18 bits per heavy atom. The molecule has 92 valence electrons. The van der Waals surface area contributed by atoms with E-state index in [1.807, 2.05) is 12.3 Å². The molecule has 0 saturated heterocycles. The quantitative estimate of drug-likeness (QED) is 0.515. The number of nitriles is 1. The highest BCUT2D eigenvalue weighted by atomic mass is 16.1. The summed E-state index contributed by atoms with van der Waals surface area (Å²) in [5, 5.41) is 14.0. The molecule has 0 aromatic carbocycles. The van der Waals surface area contributed by atoms with Crippen molar-refractivity contribution in [2.24, 2.45) is 0 Å². The fourth-order valence-corrected chi connectivity index (χ4v) is 1.34. The molecule has 0 aliphatic carbocycles. The van der Waals surface area contributed by atoms with E-state index in [0.29, 0.717) is 6.54 Å². The van der Waals surface area contributed by atoms with E-state index in [9.17, 15) is 4.79 Å². The predicted molar refractivity (Wildman–Crippen MR) is 62.8 cm³/mol. The molecule has 6 nitrogen and oxygen atoms in total. The van der Waals surface area contributed by atoms with Gasteiger partial charge in [-0.15, -0.1) is 0 Å². The second kappa shape index (κ2) is 7.41. The molecule has 0 spiro atoms. The van der Waals surface area contributed by atoms with E-state index < -0.39 is 0 Å². The van der Waals surface area contributed by atoms with Crippen LogP contribution in [0.2, 0.25) is 0 Å². The molecular weight excluding hydrogens is 218 g/mol. The van der Waals surface area contributed by atoms with Gasteiger partial charge in [-0.3, -0.25) is 4.79 Å². The van der Waals surface area contributed by atoms with Gasteiger partial charge in [0.05, 0.1) is 18.1 Å². The summed E-state index contributed by atoms with van der Waals surface area (Å²) in [4.78, 5) is 15.5. The Bertz CT molecular complexity index is 393. The van der Waals surface area contributed by atoms with Crippen molar-refractivity contribution >= 4 is 5.91 Å². The van der Waals surface area contributed by atoms with E-state index in [-0.39, 0.29) is 19.0 Å². The first-order valence-electron chi connectivity index (χ1n) is 5.61. The number of amides is 1. The van der Waals surface area contributed by atoms with Crippen LogP contribution >= 0.6 is 0 Å². The van der Waals surface area contributed by atoms with Crippen molar-refractivity contribution in [2.45, 2.75) is 26.4 Å². The smallest absolute Gasteiger partial charge is 0.240 e. The normalized spacial score (nSPS) is 9.88. The van der Waals surface area contributed by atoms with Crippen LogP contribution in [0.1, 0.15) is 19.0 Å². The number of carbonyl (C=O) groups excluding carboxylic acids is 1. The maximum atomic E-state index is 11.3. The molecular formula is C11H17N5O. The molecule has 0 atom stereocenters. The van der Waals surface area contributed by atoms with Gasteiger partial charge >= 0.3 is 0 Å². The molecule has 0 saturated carbocycles. The Hall–Kier alpha value is -1.87. The Morgan fingerprint density at radius 2 is 2.47 bits per heavy atom. The zero-order chi connectivity index (χ0) is 12.5. The molecule has 1 aromatic heterocycles. The molecule has 2 N–H and O–H groups in total. The summed E-state index contributed by atoms with van der Waals surface area (Å²) in [7, 11) is 0. The lowest BCUT2D eigenvalue weighted by Gasteiger charge is -2.01. The minimum absolute atomic E-state index is 0.0401. The van der Waals surface area contributed by atoms with Gasteiger partial charge in [0.15, 0.2) is 0 Å². The number of nitrogens with one attached hydrogen (secondary N) is 2. The highest BCUT2D eigenvalue weighted by Crippen LogP contribution is 1.95. The van der Waals surface area contributed by atoms with Crippen molar-refractivity contribution < 1.29 is 4.79 Å². The lowest BCUT2D eigenvalue weighted by atomic mass is 10.4. The zero-order valence-electron chi connectivity index (χ0n) is 9.94. The predicted octanol–water partition coefficient (Wildman–Crippen LogP) is 0.0225. The Morgan fingerprint density at radius 1 is 1.65 bits per heavy atom. The van der Waals surface area contributed by atoms with Gasteiger partial charge in [0.25, 0.3) is 0 Å². The van der Waals surface area contributed by atoms with E-state index in [1.165, 1.54) is 0 Å². The maximum Gasteiger partial charge on any atom is 0.240 e. The van der Waals surface area contributed by atoms with Gasteiger partial charge in [0.1, 0.15) is 13.1 Å². The molecule has 0 radical (unpaired) electrons. The fourth-order valence-electron chi connectivity index (χ4n) is 1.34. The van der Waals surface area contributed by atoms with Crippen molar-refractivity contribution in [3.63, 3.8) is 0 Å². The van der Waals surface area contributed by atoms with Crippen LogP contribution in [0.5, 0.6) is 0 Å². The zero-order valence-corrected chi connectivity index (χ0v) is 9.94. The molecule has 6 heteroatoms. The number of imidazole rings is 1. The van der Waals surface area contributed by atoms with Crippen LogP contribution < -0.4 is 10.6 Å². The highest BCUT2D eigenvalue weighted by molar-refractivity contribution is 5.75. The summed E-state index contributed by atoms with van der Waals surface area (Å²) in [5.41, 5.74) is 0.909. The first kappa shape index (κ1) is 13.2. The first-order valence-corrected chi connectivity index (χ1v) is 5.61. The van der Waals surface area contributed by atoms with Crippen LogP contribution in [0.15, 0.2) is 12.5 Å². The van der Waals surface area contributed by atoms with Crippen molar-refractivity contribution in [3.05, 3.63) is 18.2 Å². The highest BCUT2D eigenvalue weighted by Gasteiger charge is 2.03. The van der Waals surface area contributed by atoms with Gasteiger partial charge in [0.2, 0.25) is 5.91 Å². The van der Waals surface area contributed by atoms with E-state index in [2.05, 4.69) is 22.5 Å². The van der Waals surface area contributed by atoms with Crippen molar-refractivity contribution in [1.29, 1.82) is 5.26 Å². The molecule has 1 heterocycles. The van der Waals surface area contributed by atoms with Crippen LogP contribution in [0.4, 0.5) is 0 Å². The van der Waals surface area contributed by atoms with E-state index in [0.717, 1.165) is 18.7 Å². The van der Waals surface area contributed by atoms with Gasteiger partial charge in [-0.1, -0.05) is 6.92 Å². The molecule has 1 amide bonds. The van der Waals surface area contributed by atoms with Crippen LogP contribution in [0.25, 0.3) is 0 Å². The third-order valence-corrected chi connectivity index (χ3v) is 2.11. The SMILES string of the molecule is CCCNCc1cn(CC(=O)NCC#N)cn1. The molecule has 1 rings (SSSR count). The number of rotatable bonds is 7. The van der Waals surface area contributed by atoms with Crippen molar-refractivity contribution in [2.75, 3.05) is 13.1 Å². The van der Waals surface area contributed by atoms with Gasteiger partial charge < -0.3 is 15.2 Å².